The average molecular weight is 252 g/mol. The minimum Gasteiger partial charge on any atom is -0.335 e. The van der Waals surface area contributed by atoms with E-state index >= 15 is 0 Å². The van der Waals surface area contributed by atoms with Crippen molar-refractivity contribution in [1.82, 2.24) is 9.80 Å². The summed E-state index contributed by atoms with van der Waals surface area (Å²) in [7, 11) is 0. The van der Waals surface area contributed by atoms with Gasteiger partial charge in [-0.2, -0.15) is 0 Å². The van der Waals surface area contributed by atoms with Gasteiger partial charge < -0.3 is 4.90 Å². The first-order valence-corrected chi connectivity index (χ1v) is 7.24. The van der Waals surface area contributed by atoms with Crippen LogP contribution >= 0.6 is 11.3 Å². The molecule has 1 amide bonds. The van der Waals surface area contributed by atoms with Crippen LogP contribution in [0.25, 0.3) is 0 Å². The summed E-state index contributed by atoms with van der Waals surface area (Å²) in [6.07, 6.45) is 2.51. The van der Waals surface area contributed by atoms with Gasteiger partial charge in [0.25, 0.3) is 5.91 Å². The Morgan fingerprint density at radius 2 is 2.12 bits per heavy atom. The summed E-state index contributed by atoms with van der Waals surface area (Å²) in [6, 6.07) is 3.85. The molecule has 0 unspecified atom stereocenters. The van der Waals surface area contributed by atoms with E-state index in [1.165, 1.54) is 30.7 Å². The Balaban J connectivity index is 1.81. The second kappa shape index (κ2) is 6.17. The normalized spacial score (nSPS) is 17.4. The van der Waals surface area contributed by atoms with Crippen molar-refractivity contribution in [3.8, 4) is 0 Å². The SMILES string of the molecule is CCCCN1CCN(C(=O)c2cccs2)CC1. The van der Waals surface area contributed by atoms with Crippen molar-refractivity contribution in [2.45, 2.75) is 19.8 Å². The third-order valence-electron chi connectivity index (χ3n) is 3.22. The predicted molar refractivity (Wildman–Crippen MR) is 71.6 cm³/mol. The Labute approximate surface area is 107 Å². The molecular formula is C13H20N2OS. The summed E-state index contributed by atoms with van der Waals surface area (Å²) in [5, 5.41) is 1.96. The van der Waals surface area contributed by atoms with Crippen LogP contribution in [0.2, 0.25) is 0 Å². The number of piperazine rings is 1. The zero-order chi connectivity index (χ0) is 12.1. The number of thiophene rings is 1. The van der Waals surface area contributed by atoms with Crippen molar-refractivity contribution in [1.29, 1.82) is 0 Å². The van der Waals surface area contributed by atoms with Crippen molar-refractivity contribution >= 4 is 17.2 Å². The largest absolute Gasteiger partial charge is 0.335 e. The molecule has 17 heavy (non-hydrogen) atoms. The van der Waals surface area contributed by atoms with Gasteiger partial charge in [0, 0.05) is 26.2 Å². The van der Waals surface area contributed by atoms with E-state index in [1.54, 1.807) is 0 Å². The van der Waals surface area contributed by atoms with Crippen LogP contribution in [0.15, 0.2) is 17.5 Å². The molecule has 0 N–H and O–H groups in total. The van der Waals surface area contributed by atoms with Gasteiger partial charge in [-0.25, -0.2) is 0 Å². The highest BCUT2D eigenvalue weighted by molar-refractivity contribution is 7.12. The van der Waals surface area contributed by atoms with Crippen LogP contribution in [0.1, 0.15) is 29.4 Å². The maximum absolute atomic E-state index is 12.1. The topological polar surface area (TPSA) is 23.6 Å². The Hall–Kier alpha value is -0.870. The zero-order valence-electron chi connectivity index (χ0n) is 10.4. The summed E-state index contributed by atoms with van der Waals surface area (Å²) in [5.74, 6) is 0.204. The number of hydrogen-bond acceptors (Lipinski definition) is 3. The van der Waals surface area contributed by atoms with Crippen LogP contribution in [0.5, 0.6) is 0 Å². The highest BCUT2D eigenvalue weighted by atomic mass is 32.1. The maximum atomic E-state index is 12.1. The van der Waals surface area contributed by atoms with E-state index in [2.05, 4.69) is 11.8 Å². The van der Waals surface area contributed by atoms with Crippen LogP contribution in [0.4, 0.5) is 0 Å². The van der Waals surface area contributed by atoms with Gasteiger partial charge in [0.05, 0.1) is 4.88 Å². The van der Waals surface area contributed by atoms with Crippen LogP contribution in [-0.4, -0.2) is 48.4 Å². The lowest BCUT2D eigenvalue weighted by molar-refractivity contribution is 0.0640. The lowest BCUT2D eigenvalue weighted by atomic mass is 10.2. The van der Waals surface area contributed by atoms with Crippen molar-refractivity contribution < 1.29 is 4.79 Å². The number of rotatable bonds is 4. The molecule has 1 aromatic heterocycles. The minimum absolute atomic E-state index is 0.204. The number of hydrogen-bond donors (Lipinski definition) is 0. The fraction of sp³-hybridized carbons (Fsp3) is 0.615. The zero-order valence-corrected chi connectivity index (χ0v) is 11.2. The van der Waals surface area contributed by atoms with E-state index < -0.39 is 0 Å². The summed E-state index contributed by atoms with van der Waals surface area (Å²) < 4.78 is 0. The monoisotopic (exact) mass is 252 g/mol. The van der Waals surface area contributed by atoms with E-state index in [0.717, 1.165) is 31.1 Å². The quantitative estimate of drug-likeness (QED) is 0.821. The molecule has 0 aliphatic carbocycles. The number of unbranched alkanes of at least 4 members (excludes halogenated alkanes) is 1. The molecule has 0 aromatic carbocycles. The number of amides is 1. The summed E-state index contributed by atoms with van der Waals surface area (Å²) in [6.45, 7) is 7.20. The molecule has 3 nitrogen and oxygen atoms in total. The highest BCUT2D eigenvalue weighted by Crippen LogP contribution is 2.13. The predicted octanol–water partition coefficient (Wildman–Crippen LogP) is 2.31. The molecule has 0 radical (unpaired) electrons. The first kappa shape index (κ1) is 12.6. The Kier molecular flexibility index (Phi) is 4.57. The third-order valence-corrected chi connectivity index (χ3v) is 4.08. The van der Waals surface area contributed by atoms with Gasteiger partial charge in [0.15, 0.2) is 0 Å². The van der Waals surface area contributed by atoms with Gasteiger partial charge in [0.2, 0.25) is 0 Å². The van der Waals surface area contributed by atoms with Gasteiger partial charge in [-0.3, -0.25) is 9.69 Å². The summed E-state index contributed by atoms with van der Waals surface area (Å²) >= 11 is 1.53. The molecule has 1 aliphatic rings. The molecule has 4 heteroatoms. The van der Waals surface area contributed by atoms with Crippen LogP contribution in [0.3, 0.4) is 0 Å². The van der Waals surface area contributed by atoms with E-state index in [4.69, 9.17) is 0 Å². The van der Waals surface area contributed by atoms with E-state index in [1.807, 2.05) is 22.4 Å². The van der Waals surface area contributed by atoms with Gasteiger partial charge in [0.1, 0.15) is 0 Å². The van der Waals surface area contributed by atoms with Crippen LogP contribution in [-0.2, 0) is 0 Å². The minimum atomic E-state index is 0.204. The molecule has 1 fully saturated rings. The van der Waals surface area contributed by atoms with Crippen molar-refractivity contribution in [3.05, 3.63) is 22.4 Å². The van der Waals surface area contributed by atoms with E-state index in [-0.39, 0.29) is 5.91 Å². The fourth-order valence-electron chi connectivity index (χ4n) is 2.11. The molecule has 1 aromatic rings. The molecule has 0 atom stereocenters. The summed E-state index contributed by atoms with van der Waals surface area (Å²) in [5.41, 5.74) is 0. The first-order valence-electron chi connectivity index (χ1n) is 6.36. The molecular weight excluding hydrogens is 232 g/mol. The number of carbonyl (C=O) groups is 1. The van der Waals surface area contributed by atoms with Crippen molar-refractivity contribution in [3.63, 3.8) is 0 Å². The molecule has 0 spiro atoms. The van der Waals surface area contributed by atoms with Crippen molar-refractivity contribution in [2.24, 2.45) is 0 Å². The van der Waals surface area contributed by atoms with Gasteiger partial charge in [-0.15, -0.1) is 11.3 Å². The lowest BCUT2D eigenvalue weighted by Crippen LogP contribution is -2.48. The number of nitrogens with zero attached hydrogens (tertiary/aromatic N) is 2. The smallest absolute Gasteiger partial charge is 0.264 e. The summed E-state index contributed by atoms with van der Waals surface area (Å²) in [4.78, 5) is 17.4. The molecule has 1 saturated heterocycles. The molecule has 1 aliphatic heterocycles. The maximum Gasteiger partial charge on any atom is 0.264 e. The second-order valence-corrected chi connectivity index (χ2v) is 5.41. The number of carbonyl (C=O) groups excluding carboxylic acids is 1. The Morgan fingerprint density at radius 1 is 1.35 bits per heavy atom. The molecule has 0 bridgehead atoms. The van der Waals surface area contributed by atoms with Gasteiger partial charge in [-0.05, 0) is 24.4 Å². The first-order chi connectivity index (χ1) is 8.31. The van der Waals surface area contributed by atoms with Crippen LogP contribution < -0.4 is 0 Å². The van der Waals surface area contributed by atoms with E-state index in [9.17, 15) is 4.79 Å². The Bertz CT molecular complexity index is 342. The molecule has 2 rings (SSSR count). The van der Waals surface area contributed by atoms with Crippen molar-refractivity contribution in [2.75, 3.05) is 32.7 Å². The second-order valence-electron chi connectivity index (χ2n) is 4.46. The molecule has 2 heterocycles. The third kappa shape index (κ3) is 3.30. The standard InChI is InChI=1S/C13H20N2OS/c1-2-3-6-14-7-9-15(10-8-14)13(16)12-5-4-11-17-12/h4-5,11H,2-3,6-10H2,1H3. The molecule has 0 saturated carbocycles. The van der Waals surface area contributed by atoms with Crippen LogP contribution in [0, 0.1) is 0 Å². The fourth-order valence-corrected chi connectivity index (χ4v) is 2.80. The highest BCUT2D eigenvalue weighted by Gasteiger charge is 2.21. The van der Waals surface area contributed by atoms with E-state index in [0.29, 0.717) is 0 Å². The van der Waals surface area contributed by atoms with Gasteiger partial charge >= 0.3 is 0 Å². The van der Waals surface area contributed by atoms with Gasteiger partial charge in [-0.1, -0.05) is 19.4 Å². The average Bonchev–Trinajstić information content (AvgIpc) is 2.90. The molecule has 94 valence electrons. The lowest BCUT2D eigenvalue weighted by Gasteiger charge is -2.34. The Morgan fingerprint density at radius 3 is 2.71 bits per heavy atom.